The highest BCUT2D eigenvalue weighted by atomic mass is 15.3. The highest BCUT2D eigenvalue weighted by Crippen LogP contribution is 2.51. The van der Waals surface area contributed by atoms with Crippen LogP contribution in [0.4, 0.5) is 0 Å². The molecule has 0 radical (unpaired) electrons. The van der Waals surface area contributed by atoms with Crippen molar-refractivity contribution in [1.29, 1.82) is 0 Å². The fourth-order valence-electron chi connectivity index (χ4n) is 3.71. The van der Waals surface area contributed by atoms with Crippen molar-refractivity contribution in [2.75, 3.05) is 0 Å². The Balaban J connectivity index is 1.75. The molecule has 0 amide bonds. The van der Waals surface area contributed by atoms with E-state index in [9.17, 15) is 0 Å². The Morgan fingerprint density at radius 2 is 2.38 bits per heavy atom. The molecule has 0 spiro atoms. The molecule has 16 heavy (non-hydrogen) atoms. The lowest BCUT2D eigenvalue weighted by Gasteiger charge is -2.26. The predicted molar refractivity (Wildman–Crippen MR) is 63.8 cm³/mol. The second-order valence-electron chi connectivity index (χ2n) is 5.49. The van der Waals surface area contributed by atoms with Gasteiger partial charge in [-0.25, -0.2) is 0 Å². The molecule has 3 nitrogen and oxygen atoms in total. The van der Waals surface area contributed by atoms with Crippen LogP contribution in [0.25, 0.3) is 0 Å². The van der Waals surface area contributed by atoms with Crippen molar-refractivity contribution in [3.8, 4) is 0 Å². The van der Waals surface area contributed by atoms with Crippen LogP contribution in [-0.4, -0.2) is 9.78 Å². The maximum atomic E-state index is 6.40. The fraction of sp³-hybridized carbons (Fsp3) is 0.769. The molecule has 0 saturated heterocycles. The minimum atomic E-state index is 0.218. The third-order valence-electron chi connectivity index (χ3n) is 4.62. The number of hydrogen-bond acceptors (Lipinski definition) is 2. The first-order valence-electron chi connectivity index (χ1n) is 6.56. The van der Waals surface area contributed by atoms with Gasteiger partial charge in [0.05, 0.1) is 6.20 Å². The summed E-state index contributed by atoms with van der Waals surface area (Å²) in [6.07, 6.45) is 9.72. The molecule has 2 aliphatic carbocycles. The number of hydrogen-bond donors (Lipinski definition) is 1. The van der Waals surface area contributed by atoms with Crippen molar-refractivity contribution < 1.29 is 0 Å². The molecule has 88 valence electrons. The molecule has 4 atom stereocenters. The molecule has 2 bridgehead atoms. The van der Waals surface area contributed by atoms with E-state index in [4.69, 9.17) is 5.73 Å². The number of nitrogens with zero attached hydrogens (tertiary/aromatic N) is 2. The Bertz CT molecular complexity index is 371. The van der Waals surface area contributed by atoms with E-state index in [1.165, 1.54) is 31.2 Å². The van der Waals surface area contributed by atoms with E-state index in [2.05, 4.69) is 18.2 Å². The first-order chi connectivity index (χ1) is 7.78. The van der Waals surface area contributed by atoms with Crippen molar-refractivity contribution in [2.24, 2.45) is 23.5 Å². The highest BCUT2D eigenvalue weighted by molar-refractivity contribution is 5.13. The van der Waals surface area contributed by atoms with E-state index in [-0.39, 0.29) is 6.04 Å². The van der Waals surface area contributed by atoms with Gasteiger partial charge in [-0.3, -0.25) is 4.68 Å². The third-order valence-corrected chi connectivity index (χ3v) is 4.62. The Morgan fingerprint density at radius 1 is 1.50 bits per heavy atom. The Kier molecular flexibility index (Phi) is 2.51. The summed E-state index contributed by atoms with van der Waals surface area (Å²) >= 11 is 0. The zero-order chi connectivity index (χ0) is 11.1. The van der Waals surface area contributed by atoms with Crippen molar-refractivity contribution in [3.63, 3.8) is 0 Å². The summed E-state index contributed by atoms with van der Waals surface area (Å²) in [5.74, 6) is 2.58. The topological polar surface area (TPSA) is 43.8 Å². The van der Waals surface area contributed by atoms with Crippen LogP contribution >= 0.6 is 0 Å². The van der Waals surface area contributed by atoms with E-state index in [0.717, 1.165) is 18.4 Å². The second kappa shape index (κ2) is 3.88. The van der Waals surface area contributed by atoms with Gasteiger partial charge in [-0.15, -0.1) is 0 Å². The number of aryl methyl sites for hydroxylation is 1. The number of nitrogens with two attached hydrogens (primary N) is 1. The van der Waals surface area contributed by atoms with Crippen LogP contribution in [0.15, 0.2) is 12.4 Å². The van der Waals surface area contributed by atoms with Crippen LogP contribution in [-0.2, 0) is 6.54 Å². The lowest BCUT2D eigenvalue weighted by molar-refractivity contribution is 0.284. The quantitative estimate of drug-likeness (QED) is 0.848. The largest absolute Gasteiger partial charge is 0.324 e. The smallest absolute Gasteiger partial charge is 0.0537 e. The van der Waals surface area contributed by atoms with Crippen molar-refractivity contribution in [3.05, 3.63) is 18.0 Å². The molecule has 2 N–H and O–H groups in total. The lowest BCUT2D eigenvalue weighted by Crippen LogP contribution is -2.25. The van der Waals surface area contributed by atoms with E-state index in [1.807, 2.05) is 10.9 Å². The minimum Gasteiger partial charge on any atom is -0.324 e. The molecule has 3 rings (SSSR count). The van der Waals surface area contributed by atoms with Crippen LogP contribution in [0.1, 0.15) is 44.2 Å². The minimum absolute atomic E-state index is 0.218. The van der Waals surface area contributed by atoms with Crippen molar-refractivity contribution >= 4 is 0 Å². The lowest BCUT2D eigenvalue weighted by atomic mass is 9.82. The monoisotopic (exact) mass is 219 g/mol. The van der Waals surface area contributed by atoms with Gasteiger partial charge in [-0.05, 0) is 43.9 Å². The summed E-state index contributed by atoms with van der Waals surface area (Å²) in [7, 11) is 0. The average Bonchev–Trinajstić information content (AvgIpc) is 3.03. The van der Waals surface area contributed by atoms with Gasteiger partial charge < -0.3 is 5.73 Å². The zero-order valence-electron chi connectivity index (χ0n) is 9.97. The van der Waals surface area contributed by atoms with E-state index in [0.29, 0.717) is 5.92 Å². The SMILES string of the molecule is CCn1cc(C(N)C2CC3CCC2C3)cn1. The molecule has 0 aromatic carbocycles. The van der Waals surface area contributed by atoms with E-state index >= 15 is 0 Å². The Hall–Kier alpha value is -0.830. The number of fused-ring (bicyclic) bond motifs is 2. The molecular formula is C13H21N3. The Labute approximate surface area is 97.0 Å². The summed E-state index contributed by atoms with van der Waals surface area (Å²) in [5.41, 5.74) is 7.64. The maximum Gasteiger partial charge on any atom is 0.0537 e. The molecular weight excluding hydrogens is 198 g/mol. The van der Waals surface area contributed by atoms with Crippen LogP contribution in [0.3, 0.4) is 0 Å². The Morgan fingerprint density at radius 3 is 2.94 bits per heavy atom. The van der Waals surface area contributed by atoms with Gasteiger partial charge in [0.2, 0.25) is 0 Å². The fourth-order valence-corrected chi connectivity index (χ4v) is 3.71. The molecule has 4 unspecified atom stereocenters. The van der Waals surface area contributed by atoms with Gasteiger partial charge >= 0.3 is 0 Å². The first-order valence-corrected chi connectivity index (χ1v) is 6.56. The third kappa shape index (κ3) is 1.58. The highest BCUT2D eigenvalue weighted by Gasteiger charge is 2.42. The van der Waals surface area contributed by atoms with Gasteiger partial charge in [0.1, 0.15) is 0 Å². The molecule has 2 aliphatic rings. The number of aromatic nitrogens is 2. The standard InChI is InChI=1S/C13H21N3/c1-2-16-8-11(7-15-16)13(14)12-6-9-3-4-10(12)5-9/h7-10,12-13H,2-6,14H2,1H3. The summed E-state index contributed by atoms with van der Waals surface area (Å²) < 4.78 is 1.97. The van der Waals surface area contributed by atoms with Gasteiger partial charge in [0.25, 0.3) is 0 Å². The summed E-state index contributed by atoms with van der Waals surface area (Å²) in [4.78, 5) is 0. The van der Waals surface area contributed by atoms with Crippen LogP contribution in [0.2, 0.25) is 0 Å². The average molecular weight is 219 g/mol. The van der Waals surface area contributed by atoms with Crippen LogP contribution < -0.4 is 5.73 Å². The van der Waals surface area contributed by atoms with Crippen molar-refractivity contribution in [1.82, 2.24) is 9.78 Å². The van der Waals surface area contributed by atoms with Crippen LogP contribution in [0, 0.1) is 17.8 Å². The van der Waals surface area contributed by atoms with Gasteiger partial charge in [0.15, 0.2) is 0 Å². The van der Waals surface area contributed by atoms with Gasteiger partial charge in [-0.2, -0.15) is 5.10 Å². The van der Waals surface area contributed by atoms with E-state index in [1.54, 1.807) is 0 Å². The van der Waals surface area contributed by atoms with Gasteiger partial charge in [0, 0.05) is 24.3 Å². The zero-order valence-corrected chi connectivity index (χ0v) is 9.97. The molecule has 1 aromatic rings. The first kappa shape index (κ1) is 10.3. The predicted octanol–water partition coefficient (Wildman–Crippen LogP) is 2.34. The number of rotatable bonds is 3. The molecule has 1 aromatic heterocycles. The molecule has 2 fully saturated rings. The van der Waals surface area contributed by atoms with Crippen molar-refractivity contribution in [2.45, 2.75) is 45.2 Å². The summed E-state index contributed by atoms with van der Waals surface area (Å²) in [6, 6.07) is 0.218. The molecule has 2 saturated carbocycles. The second-order valence-corrected chi connectivity index (χ2v) is 5.49. The molecule has 1 heterocycles. The van der Waals surface area contributed by atoms with Gasteiger partial charge in [-0.1, -0.05) is 6.42 Å². The normalized spacial score (nSPS) is 34.5. The summed E-state index contributed by atoms with van der Waals surface area (Å²) in [5, 5.41) is 4.33. The van der Waals surface area contributed by atoms with E-state index < -0.39 is 0 Å². The van der Waals surface area contributed by atoms with Crippen LogP contribution in [0.5, 0.6) is 0 Å². The molecule has 3 heteroatoms. The maximum absolute atomic E-state index is 6.40. The molecule has 0 aliphatic heterocycles. The summed E-state index contributed by atoms with van der Waals surface area (Å²) in [6.45, 7) is 3.04.